The Balaban J connectivity index is 3.97. The van der Waals surface area contributed by atoms with Crippen LogP contribution in [-0.4, -0.2) is 41.9 Å². The van der Waals surface area contributed by atoms with Gasteiger partial charge in [0.15, 0.2) is 5.78 Å². The molecule has 116 valence electrons. The Labute approximate surface area is 120 Å². The molecule has 20 heavy (non-hydrogen) atoms. The highest BCUT2D eigenvalue weighted by Gasteiger charge is 2.15. The van der Waals surface area contributed by atoms with Crippen molar-refractivity contribution in [3.63, 3.8) is 0 Å². The smallest absolute Gasteiger partial charge is 0.220 e. The summed E-state index contributed by atoms with van der Waals surface area (Å²) in [5, 5.41) is 11.3. The second-order valence-corrected chi connectivity index (χ2v) is 4.70. The summed E-state index contributed by atoms with van der Waals surface area (Å²) in [5.41, 5.74) is 7.29. The molecule has 7 nitrogen and oxygen atoms in total. The third kappa shape index (κ3) is 9.46. The molecule has 5 N–H and O–H groups in total. The van der Waals surface area contributed by atoms with Gasteiger partial charge in [0.25, 0.3) is 0 Å². The van der Waals surface area contributed by atoms with E-state index < -0.39 is 6.04 Å². The highest BCUT2D eigenvalue weighted by atomic mass is 16.5. The van der Waals surface area contributed by atoms with E-state index in [-0.39, 0.29) is 11.7 Å². The normalized spacial score (nSPS) is 12.9. The Kier molecular flexibility index (Phi) is 10.5. The number of hydrogen-bond acceptors (Lipinski definition) is 5. The number of aliphatic imine (C=N–C) groups is 1. The van der Waals surface area contributed by atoms with Gasteiger partial charge in [-0.05, 0) is 46.1 Å². The number of ketones is 1. The molecule has 0 unspecified atom stereocenters. The summed E-state index contributed by atoms with van der Waals surface area (Å²) in [7, 11) is 0. The predicted molar refractivity (Wildman–Crippen MR) is 77.6 cm³/mol. The molecule has 0 saturated carbocycles. The third-order valence-electron chi connectivity index (χ3n) is 2.85. The summed E-state index contributed by atoms with van der Waals surface area (Å²) in [4.78, 5) is 27.1. The molecule has 0 bridgehead atoms. The van der Waals surface area contributed by atoms with Crippen LogP contribution in [0.1, 0.15) is 46.0 Å². The van der Waals surface area contributed by atoms with E-state index in [1.807, 2.05) is 5.48 Å². The summed E-state index contributed by atoms with van der Waals surface area (Å²) in [6.07, 6.45) is 3.15. The van der Waals surface area contributed by atoms with E-state index in [4.69, 9.17) is 10.9 Å². The van der Waals surface area contributed by atoms with Gasteiger partial charge >= 0.3 is 0 Å². The number of unbranched alkanes of at least 4 members (excludes halogenated alkanes) is 1. The highest BCUT2D eigenvalue weighted by Crippen LogP contribution is 2.03. The quantitative estimate of drug-likeness (QED) is 0.200. The molecule has 0 saturated heterocycles. The molecule has 0 aromatic carbocycles. The zero-order valence-corrected chi connectivity index (χ0v) is 12.3. The van der Waals surface area contributed by atoms with Crippen LogP contribution in [0.25, 0.3) is 0 Å². The van der Waals surface area contributed by atoms with Crippen LogP contribution < -0.4 is 16.5 Å². The minimum atomic E-state index is -0.429. The number of nitrogens with two attached hydrogens (primary N) is 1. The van der Waals surface area contributed by atoms with Crippen molar-refractivity contribution >= 4 is 17.5 Å². The molecule has 0 aliphatic rings. The van der Waals surface area contributed by atoms with Gasteiger partial charge in [-0.3, -0.25) is 25.3 Å². The molecular formula is C13H26N4O3. The largest absolute Gasteiger partial charge is 0.346 e. The standard InChI is InChI=1S/C13H26N4O3/c1-10(18)12(16-13(19)7-5-8-14)6-3-4-9-15-11(2)17-20/h12,20H,3-9,14H2,1-2H3,(H,15,17)(H,16,19)/t12-/m0/s1. The highest BCUT2D eigenvalue weighted by molar-refractivity contribution is 5.87. The first kappa shape index (κ1) is 18.5. The topological polar surface area (TPSA) is 117 Å². The molecule has 0 aromatic heterocycles. The van der Waals surface area contributed by atoms with Crippen molar-refractivity contribution in [2.45, 2.75) is 52.0 Å². The fourth-order valence-electron chi connectivity index (χ4n) is 1.65. The van der Waals surface area contributed by atoms with Crippen molar-refractivity contribution in [1.82, 2.24) is 10.8 Å². The van der Waals surface area contributed by atoms with E-state index >= 15 is 0 Å². The van der Waals surface area contributed by atoms with Crippen LogP contribution >= 0.6 is 0 Å². The lowest BCUT2D eigenvalue weighted by molar-refractivity contribution is -0.127. The van der Waals surface area contributed by atoms with Crippen molar-refractivity contribution in [3.05, 3.63) is 0 Å². The minimum absolute atomic E-state index is 0.0391. The zero-order chi connectivity index (χ0) is 15.4. The number of Topliss-reactive ketones (excluding diaryl/α,β-unsaturated/α-hetero) is 1. The number of hydrogen-bond donors (Lipinski definition) is 4. The average Bonchev–Trinajstić information content (AvgIpc) is 2.42. The molecule has 0 fully saturated rings. The SMILES string of the molecule is CC(=O)[C@H](CCCCN=C(C)NO)NC(=O)CCCN. The predicted octanol–water partition coefficient (Wildman–Crippen LogP) is 0.367. The Morgan fingerprint density at radius 2 is 1.95 bits per heavy atom. The van der Waals surface area contributed by atoms with Gasteiger partial charge in [-0.2, -0.15) is 0 Å². The molecule has 0 radical (unpaired) electrons. The molecule has 0 heterocycles. The first-order chi connectivity index (χ1) is 9.51. The summed E-state index contributed by atoms with van der Waals surface area (Å²) < 4.78 is 0. The Morgan fingerprint density at radius 3 is 2.50 bits per heavy atom. The van der Waals surface area contributed by atoms with Crippen LogP contribution in [0.3, 0.4) is 0 Å². The summed E-state index contributed by atoms with van der Waals surface area (Å²) in [6.45, 7) is 4.18. The van der Waals surface area contributed by atoms with E-state index in [9.17, 15) is 9.59 Å². The molecule has 7 heteroatoms. The zero-order valence-electron chi connectivity index (χ0n) is 12.3. The maximum atomic E-state index is 11.6. The number of nitrogens with zero attached hydrogens (tertiary/aromatic N) is 1. The van der Waals surface area contributed by atoms with Gasteiger partial charge in [0.2, 0.25) is 5.91 Å². The Hall–Kier alpha value is -1.47. The minimum Gasteiger partial charge on any atom is -0.346 e. The van der Waals surface area contributed by atoms with Crippen molar-refractivity contribution in [3.8, 4) is 0 Å². The van der Waals surface area contributed by atoms with E-state index in [2.05, 4.69) is 10.3 Å². The number of amides is 1. The van der Waals surface area contributed by atoms with Crippen LogP contribution in [0.15, 0.2) is 4.99 Å². The number of carbonyl (C=O) groups is 2. The van der Waals surface area contributed by atoms with Gasteiger partial charge in [-0.1, -0.05) is 0 Å². The van der Waals surface area contributed by atoms with E-state index in [0.717, 1.165) is 12.8 Å². The number of amidine groups is 1. The summed E-state index contributed by atoms with van der Waals surface area (Å²) in [6, 6.07) is -0.429. The second kappa shape index (κ2) is 11.4. The van der Waals surface area contributed by atoms with E-state index in [1.165, 1.54) is 6.92 Å². The third-order valence-corrected chi connectivity index (χ3v) is 2.85. The lowest BCUT2D eigenvalue weighted by atomic mass is 10.1. The van der Waals surface area contributed by atoms with Crippen LogP contribution in [0.5, 0.6) is 0 Å². The van der Waals surface area contributed by atoms with Gasteiger partial charge < -0.3 is 11.1 Å². The van der Waals surface area contributed by atoms with Crippen molar-refractivity contribution in [1.29, 1.82) is 0 Å². The first-order valence-corrected chi connectivity index (χ1v) is 6.92. The lowest BCUT2D eigenvalue weighted by Gasteiger charge is -2.15. The number of nitrogens with one attached hydrogen (secondary N) is 2. The van der Waals surface area contributed by atoms with Crippen LogP contribution in [0.2, 0.25) is 0 Å². The maximum Gasteiger partial charge on any atom is 0.220 e. The molecule has 0 aromatic rings. The summed E-state index contributed by atoms with van der Waals surface area (Å²) >= 11 is 0. The van der Waals surface area contributed by atoms with E-state index in [0.29, 0.717) is 38.2 Å². The van der Waals surface area contributed by atoms with Gasteiger partial charge in [0.1, 0.15) is 5.84 Å². The number of rotatable bonds is 10. The fourth-order valence-corrected chi connectivity index (χ4v) is 1.65. The lowest BCUT2D eigenvalue weighted by Crippen LogP contribution is -2.39. The first-order valence-electron chi connectivity index (χ1n) is 6.92. The van der Waals surface area contributed by atoms with Gasteiger partial charge in [0, 0.05) is 13.0 Å². The van der Waals surface area contributed by atoms with Gasteiger partial charge in [-0.15, -0.1) is 0 Å². The van der Waals surface area contributed by atoms with Crippen molar-refractivity contribution < 1.29 is 14.8 Å². The van der Waals surface area contributed by atoms with Crippen molar-refractivity contribution in [2.24, 2.45) is 10.7 Å². The molecule has 0 rings (SSSR count). The van der Waals surface area contributed by atoms with Crippen LogP contribution in [-0.2, 0) is 9.59 Å². The molecular weight excluding hydrogens is 260 g/mol. The number of hydroxylamine groups is 1. The Bertz CT molecular complexity index is 332. The van der Waals surface area contributed by atoms with Gasteiger partial charge in [0.05, 0.1) is 6.04 Å². The molecule has 0 aliphatic carbocycles. The monoisotopic (exact) mass is 286 g/mol. The van der Waals surface area contributed by atoms with Crippen molar-refractivity contribution in [2.75, 3.05) is 13.1 Å². The second-order valence-electron chi connectivity index (χ2n) is 4.70. The van der Waals surface area contributed by atoms with Crippen LogP contribution in [0.4, 0.5) is 0 Å². The Morgan fingerprint density at radius 1 is 1.25 bits per heavy atom. The molecule has 0 aliphatic heterocycles. The maximum absolute atomic E-state index is 11.6. The molecule has 1 amide bonds. The van der Waals surface area contributed by atoms with Gasteiger partial charge in [-0.25, -0.2) is 0 Å². The molecule has 1 atom stereocenters. The number of carbonyl (C=O) groups excluding carboxylic acids is 2. The average molecular weight is 286 g/mol. The molecule has 0 spiro atoms. The van der Waals surface area contributed by atoms with E-state index in [1.54, 1.807) is 6.92 Å². The summed E-state index contributed by atoms with van der Waals surface area (Å²) in [5.74, 6) is 0.292. The fraction of sp³-hybridized carbons (Fsp3) is 0.769. The van der Waals surface area contributed by atoms with Crippen LogP contribution in [0, 0.1) is 0 Å².